The molecule has 3 aromatic carbocycles. The number of nitrogens with zero attached hydrogens (tertiary/aromatic N) is 1. The summed E-state index contributed by atoms with van der Waals surface area (Å²) < 4.78 is 0. The van der Waals surface area contributed by atoms with Gasteiger partial charge in [-0.25, -0.2) is 5.43 Å². The lowest BCUT2D eigenvalue weighted by Gasteiger charge is -2.27. The molecule has 3 aromatic rings. The second-order valence-electron chi connectivity index (χ2n) is 5.84. The van der Waals surface area contributed by atoms with Crippen molar-refractivity contribution < 1.29 is 15.0 Å². The van der Waals surface area contributed by atoms with Crippen molar-refractivity contribution in [1.82, 2.24) is 5.43 Å². The van der Waals surface area contributed by atoms with Crippen LogP contribution in [0, 0.1) is 0 Å². The maximum Gasteiger partial charge on any atom is 0.281 e. The van der Waals surface area contributed by atoms with E-state index in [0.29, 0.717) is 21.7 Å². The first-order valence-electron chi connectivity index (χ1n) is 8.17. The molecule has 0 aliphatic carbocycles. The summed E-state index contributed by atoms with van der Waals surface area (Å²) in [5, 5.41) is 25.3. The lowest BCUT2D eigenvalue weighted by molar-refractivity contribution is -0.136. The van der Waals surface area contributed by atoms with Gasteiger partial charge < -0.3 is 10.2 Å². The first-order chi connectivity index (χ1) is 13.0. The van der Waals surface area contributed by atoms with Crippen LogP contribution in [0.3, 0.4) is 0 Å². The van der Waals surface area contributed by atoms with Gasteiger partial charge in [-0.05, 0) is 29.3 Å². The summed E-state index contributed by atoms with van der Waals surface area (Å²) in [6, 6.07) is 21.7. The number of phenols is 1. The van der Waals surface area contributed by atoms with Crippen molar-refractivity contribution in [2.24, 2.45) is 5.10 Å². The zero-order chi connectivity index (χ0) is 19.3. The standard InChI is InChI=1S/C21H17ClN2O3/c22-18-11-12-19(25)15(13-18)14-23-24-20(26)21(27,16-7-3-1-4-8-16)17-9-5-2-6-10-17/h1-14,25,27H,(H,24,26)/b23-14-. The molecule has 3 rings (SSSR count). The van der Waals surface area contributed by atoms with Crippen LogP contribution in [0.4, 0.5) is 0 Å². The Morgan fingerprint density at radius 3 is 2.07 bits per heavy atom. The van der Waals surface area contributed by atoms with Crippen LogP contribution in [0.2, 0.25) is 5.02 Å². The zero-order valence-corrected chi connectivity index (χ0v) is 15.0. The summed E-state index contributed by atoms with van der Waals surface area (Å²) in [5.41, 5.74) is 1.58. The van der Waals surface area contributed by atoms with Crippen LogP contribution in [0.25, 0.3) is 0 Å². The highest BCUT2D eigenvalue weighted by Crippen LogP contribution is 2.29. The highest BCUT2D eigenvalue weighted by atomic mass is 35.5. The number of aromatic hydroxyl groups is 1. The normalized spacial score (nSPS) is 11.5. The van der Waals surface area contributed by atoms with Crippen LogP contribution in [0.1, 0.15) is 16.7 Å². The number of hydrogen-bond donors (Lipinski definition) is 3. The minimum absolute atomic E-state index is 0.0289. The molecule has 0 atom stereocenters. The topological polar surface area (TPSA) is 81.9 Å². The Morgan fingerprint density at radius 2 is 1.52 bits per heavy atom. The maximum atomic E-state index is 12.8. The van der Waals surface area contributed by atoms with Gasteiger partial charge in [0.05, 0.1) is 6.21 Å². The summed E-state index contributed by atoms with van der Waals surface area (Å²) in [4.78, 5) is 12.8. The summed E-state index contributed by atoms with van der Waals surface area (Å²) in [5.74, 6) is -0.753. The largest absolute Gasteiger partial charge is 0.507 e. The van der Waals surface area contributed by atoms with Gasteiger partial charge in [0.2, 0.25) is 0 Å². The fourth-order valence-corrected chi connectivity index (χ4v) is 2.84. The number of halogens is 1. The second-order valence-corrected chi connectivity index (χ2v) is 6.28. The second kappa shape index (κ2) is 8.03. The Hall–Kier alpha value is -3.15. The van der Waals surface area contributed by atoms with Gasteiger partial charge in [-0.3, -0.25) is 4.79 Å². The molecule has 5 nitrogen and oxygen atoms in total. The molecule has 0 bridgehead atoms. The van der Waals surface area contributed by atoms with E-state index in [0.717, 1.165) is 0 Å². The molecule has 0 aliphatic heterocycles. The number of aliphatic hydroxyl groups is 1. The molecule has 0 saturated heterocycles. The number of hydrogen-bond acceptors (Lipinski definition) is 4. The number of rotatable bonds is 5. The van der Waals surface area contributed by atoms with E-state index in [1.807, 2.05) is 0 Å². The van der Waals surface area contributed by atoms with Crippen molar-refractivity contribution in [2.45, 2.75) is 5.60 Å². The molecular weight excluding hydrogens is 364 g/mol. The molecule has 3 N–H and O–H groups in total. The van der Waals surface area contributed by atoms with Gasteiger partial charge >= 0.3 is 0 Å². The molecule has 0 fully saturated rings. The first kappa shape index (κ1) is 18.6. The number of carbonyl (C=O) groups excluding carboxylic acids is 1. The molecule has 0 saturated carbocycles. The van der Waals surface area contributed by atoms with Crippen LogP contribution in [-0.4, -0.2) is 22.3 Å². The molecular formula is C21H17ClN2O3. The first-order valence-corrected chi connectivity index (χ1v) is 8.55. The third kappa shape index (κ3) is 4.00. The van der Waals surface area contributed by atoms with Gasteiger partial charge in [0, 0.05) is 10.6 Å². The average Bonchev–Trinajstić information content (AvgIpc) is 2.71. The SMILES string of the molecule is O=C(N/N=C\c1cc(Cl)ccc1O)C(O)(c1ccccc1)c1ccccc1. The summed E-state index contributed by atoms with van der Waals surface area (Å²) >= 11 is 5.89. The van der Waals surface area contributed by atoms with Crippen LogP contribution in [0.15, 0.2) is 84.0 Å². The summed E-state index contributed by atoms with van der Waals surface area (Å²) in [7, 11) is 0. The van der Waals surface area contributed by atoms with Crippen LogP contribution >= 0.6 is 11.6 Å². The molecule has 0 aromatic heterocycles. The van der Waals surface area contributed by atoms with E-state index in [4.69, 9.17) is 11.6 Å². The van der Waals surface area contributed by atoms with Crippen molar-refractivity contribution in [1.29, 1.82) is 0 Å². The van der Waals surface area contributed by atoms with E-state index in [1.54, 1.807) is 60.7 Å². The fraction of sp³-hybridized carbons (Fsp3) is 0.0476. The predicted molar refractivity (Wildman–Crippen MR) is 105 cm³/mol. The smallest absolute Gasteiger partial charge is 0.281 e. The quantitative estimate of drug-likeness (QED) is 0.468. The van der Waals surface area contributed by atoms with Crippen molar-refractivity contribution in [3.05, 3.63) is 101 Å². The Morgan fingerprint density at radius 1 is 0.963 bits per heavy atom. The van der Waals surface area contributed by atoms with E-state index < -0.39 is 11.5 Å². The van der Waals surface area contributed by atoms with Crippen molar-refractivity contribution >= 4 is 23.7 Å². The minimum Gasteiger partial charge on any atom is -0.507 e. The van der Waals surface area contributed by atoms with Gasteiger partial charge in [0.25, 0.3) is 5.91 Å². The van der Waals surface area contributed by atoms with E-state index in [1.165, 1.54) is 24.4 Å². The molecule has 0 spiro atoms. The summed E-state index contributed by atoms with van der Waals surface area (Å²) in [6.07, 6.45) is 1.26. The molecule has 0 heterocycles. The van der Waals surface area contributed by atoms with Crippen molar-refractivity contribution in [2.75, 3.05) is 0 Å². The van der Waals surface area contributed by atoms with E-state index in [2.05, 4.69) is 10.5 Å². The summed E-state index contributed by atoms with van der Waals surface area (Å²) in [6.45, 7) is 0. The molecule has 0 unspecified atom stereocenters. The molecule has 0 aliphatic rings. The highest BCUT2D eigenvalue weighted by molar-refractivity contribution is 6.30. The maximum absolute atomic E-state index is 12.8. The zero-order valence-electron chi connectivity index (χ0n) is 14.2. The van der Waals surface area contributed by atoms with Gasteiger partial charge in [-0.2, -0.15) is 5.10 Å². The monoisotopic (exact) mass is 380 g/mol. The number of nitrogens with one attached hydrogen (secondary N) is 1. The molecule has 27 heavy (non-hydrogen) atoms. The van der Waals surface area contributed by atoms with Crippen molar-refractivity contribution in [3.8, 4) is 5.75 Å². The van der Waals surface area contributed by atoms with Crippen LogP contribution in [0.5, 0.6) is 5.75 Å². The number of phenolic OH excluding ortho intramolecular Hbond substituents is 1. The number of hydrazone groups is 1. The van der Waals surface area contributed by atoms with Gasteiger partial charge in [-0.15, -0.1) is 0 Å². The van der Waals surface area contributed by atoms with Crippen LogP contribution < -0.4 is 5.43 Å². The average molecular weight is 381 g/mol. The van der Waals surface area contributed by atoms with E-state index in [-0.39, 0.29) is 5.75 Å². The Balaban J connectivity index is 1.90. The van der Waals surface area contributed by atoms with E-state index in [9.17, 15) is 15.0 Å². The Bertz CT molecular complexity index is 920. The number of amides is 1. The third-order valence-corrected chi connectivity index (χ3v) is 4.31. The highest BCUT2D eigenvalue weighted by Gasteiger charge is 2.39. The van der Waals surface area contributed by atoms with Crippen LogP contribution in [-0.2, 0) is 10.4 Å². The Labute approximate surface area is 161 Å². The van der Waals surface area contributed by atoms with Gasteiger partial charge in [0.15, 0.2) is 5.60 Å². The van der Waals surface area contributed by atoms with Crippen molar-refractivity contribution in [3.63, 3.8) is 0 Å². The lowest BCUT2D eigenvalue weighted by atomic mass is 9.85. The Kier molecular flexibility index (Phi) is 5.54. The lowest BCUT2D eigenvalue weighted by Crippen LogP contribution is -2.43. The van der Waals surface area contributed by atoms with E-state index >= 15 is 0 Å². The molecule has 0 radical (unpaired) electrons. The van der Waals surface area contributed by atoms with Gasteiger partial charge in [-0.1, -0.05) is 72.3 Å². The number of carbonyl (C=O) groups is 1. The number of benzene rings is 3. The predicted octanol–water partition coefficient (Wildman–Crippen LogP) is 3.43. The fourth-order valence-electron chi connectivity index (χ4n) is 2.66. The molecule has 1 amide bonds. The molecule has 6 heteroatoms. The van der Waals surface area contributed by atoms with Gasteiger partial charge in [0.1, 0.15) is 5.75 Å². The molecule has 136 valence electrons. The minimum atomic E-state index is -1.92. The third-order valence-electron chi connectivity index (χ3n) is 4.07.